The maximum Gasteiger partial charge on any atom is 0.0421 e. The third-order valence-electron chi connectivity index (χ3n) is 4.30. The Balaban J connectivity index is 1.66. The van der Waals surface area contributed by atoms with Crippen LogP contribution in [0.1, 0.15) is 49.0 Å². The maximum atomic E-state index is 4.41. The van der Waals surface area contributed by atoms with Crippen LogP contribution in [0.15, 0.2) is 36.8 Å². The number of hydrogen-bond donors (Lipinski definition) is 1. The van der Waals surface area contributed by atoms with Crippen LogP contribution in [0.2, 0.25) is 0 Å². The lowest BCUT2D eigenvalue weighted by Gasteiger charge is -2.23. The van der Waals surface area contributed by atoms with Crippen molar-refractivity contribution in [3.8, 4) is 0 Å². The van der Waals surface area contributed by atoms with Gasteiger partial charge >= 0.3 is 0 Å². The first-order chi connectivity index (χ1) is 10.4. The van der Waals surface area contributed by atoms with E-state index in [1.54, 1.807) is 0 Å². The third kappa shape index (κ3) is 3.53. The Hall–Kier alpha value is -1.61. The van der Waals surface area contributed by atoms with E-state index in [2.05, 4.69) is 46.3 Å². The van der Waals surface area contributed by atoms with Gasteiger partial charge in [-0.15, -0.1) is 0 Å². The van der Waals surface area contributed by atoms with Gasteiger partial charge in [0, 0.05) is 43.3 Å². The van der Waals surface area contributed by atoms with Crippen LogP contribution in [0, 0.1) is 0 Å². The lowest BCUT2D eigenvalue weighted by atomic mass is 9.91. The van der Waals surface area contributed by atoms with Crippen LogP contribution >= 0.6 is 0 Å². The molecule has 0 fully saturated rings. The van der Waals surface area contributed by atoms with E-state index in [1.807, 2.05) is 12.3 Å². The molecule has 0 saturated heterocycles. The summed E-state index contributed by atoms with van der Waals surface area (Å²) in [6.45, 7) is 4.36. The Morgan fingerprint density at radius 2 is 2.29 bits per heavy atom. The van der Waals surface area contributed by atoms with Crippen molar-refractivity contribution >= 4 is 0 Å². The molecule has 2 heterocycles. The van der Waals surface area contributed by atoms with E-state index in [9.17, 15) is 0 Å². The molecule has 112 valence electrons. The van der Waals surface area contributed by atoms with Crippen LogP contribution < -0.4 is 5.32 Å². The number of rotatable bonds is 6. The van der Waals surface area contributed by atoms with Gasteiger partial charge in [0.2, 0.25) is 0 Å². The first-order valence-electron chi connectivity index (χ1n) is 8.18. The number of nitrogens with zero attached hydrogens (tertiary/aromatic N) is 2. The molecule has 1 atom stereocenters. The highest BCUT2D eigenvalue weighted by Crippen LogP contribution is 2.30. The molecule has 0 saturated carbocycles. The van der Waals surface area contributed by atoms with Crippen molar-refractivity contribution in [3.05, 3.63) is 53.6 Å². The van der Waals surface area contributed by atoms with E-state index >= 15 is 0 Å². The minimum absolute atomic E-state index is 0.560. The van der Waals surface area contributed by atoms with Crippen molar-refractivity contribution in [2.75, 3.05) is 6.54 Å². The van der Waals surface area contributed by atoms with Crippen LogP contribution in [-0.2, 0) is 19.4 Å². The summed E-state index contributed by atoms with van der Waals surface area (Å²) in [6, 6.07) is 6.70. The van der Waals surface area contributed by atoms with Gasteiger partial charge in [-0.2, -0.15) is 0 Å². The fourth-order valence-electron chi connectivity index (χ4n) is 3.20. The number of aryl methyl sites for hydroxylation is 3. The molecule has 0 bridgehead atoms. The zero-order chi connectivity index (χ0) is 14.5. The second-order valence-corrected chi connectivity index (χ2v) is 5.95. The van der Waals surface area contributed by atoms with E-state index in [4.69, 9.17) is 0 Å². The van der Waals surface area contributed by atoms with Gasteiger partial charge in [-0.05, 0) is 55.5 Å². The monoisotopic (exact) mass is 283 g/mol. The summed E-state index contributed by atoms with van der Waals surface area (Å²) in [5, 5.41) is 3.69. The number of aromatic nitrogens is 2. The van der Waals surface area contributed by atoms with Gasteiger partial charge in [0.15, 0.2) is 0 Å². The molecule has 21 heavy (non-hydrogen) atoms. The van der Waals surface area contributed by atoms with Gasteiger partial charge < -0.3 is 9.88 Å². The van der Waals surface area contributed by atoms with Crippen LogP contribution in [0.5, 0.6) is 0 Å². The van der Waals surface area contributed by atoms with Crippen molar-refractivity contribution in [2.45, 2.75) is 51.6 Å². The molecular formula is C18H25N3. The highest BCUT2D eigenvalue weighted by molar-refractivity contribution is 5.30. The first-order valence-corrected chi connectivity index (χ1v) is 8.18. The molecule has 0 radical (unpaired) electrons. The molecule has 3 heteroatoms. The van der Waals surface area contributed by atoms with Gasteiger partial charge in [-0.25, -0.2) is 0 Å². The molecule has 0 amide bonds. The van der Waals surface area contributed by atoms with Crippen LogP contribution in [0.3, 0.4) is 0 Å². The normalized spacial score (nSPS) is 17.7. The van der Waals surface area contributed by atoms with E-state index in [-0.39, 0.29) is 0 Å². The predicted octanol–water partition coefficient (Wildman–Crippen LogP) is 3.50. The van der Waals surface area contributed by atoms with E-state index in [1.165, 1.54) is 42.5 Å². The Morgan fingerprint density at radius 3 is 3.10 bits per heavy atom. The van der Waals surface area contributed by atoms with Gasteiger partial charge in [-0.3, -0.25) is 4.98 Å². The molecule has 3 nitrogen and oxygen atoms in total. The summed E-state index contributed by atoms with van der Waals surface area (Å²) in [7, 11) is 0. The fourth-order valence-corrected chi connectivity index (χ4v) is 3.20. The second kappa shape index (κ2) is 6.90. The van der Waals surface area contributed by atoms with E-state index in [0.717, 1.165) is 19.5 Å². The molecule has 0 aromatic carbocycles. The largest absolute Gasteiger partial charge is 0.353 e. The minimum atomic E-state index is 0.560. The molecule has 2 aromatic heterocycles. The van der Waals surface area contributed by atoms with Crippen LogP contribution in [0.4, 0.5) is 0 Å². The van der Waals surface area contributed by atoms with Gasteiger partial charge in [0.05, 0.1) is 0 Å². The molecule has 1 aliphatic rings. The van der Waals surface area contributed by atoms with E-state index < -0.39 is 0 Å². The highest BCUT2D eigenvalue weighted by Gasteiger charge is 2.21. The predicted molar refractivity (Wildman–Crippen MR) is 86.3 cm³/mol. The highest BCUT2D eigenvalue weighted by atomic mass is 15.0. The number of pyridine rings is 1. The average Bonchev–Trinajstić information content (AvgIpc) is 2.95. The van der Waals surface area contributed by atoms with Crippen molar-refractivity contribution in [1.82, 2.24) is 14.9 Å². The summed E-state index contributed by atoms with van der Waals surface area (Å²) < 4.78 is 2.35. The third-order valence-corrected chi connectivity index (χ3v) is 4.30. The summed E-state index contributed by atoms with van der Waals surface area (Å²) in [5.41, 5.74) is 4.23. The van der Waals surface area contributed by atoms with Crippen LogP contribution in [-0.4, -0.2) is 16.1 Å². The molecule has 0 spiro atoms. The molecule has 1 aliphatic carbocycles. The molecule has 0 aliphatic heterocycles. The number of fused-ring (bicyclic) bond motifs is 1. The Bertz CT molecular complexity index is 559. The smallest absolute Gasteiger partial charge is 0.0421 e. The lowest BCUT2D eigenvalue weighted by Crippen LogP contribution is -2.24. The standard InChI is InChI=1S/C18H25N3/c1-2-10-20-18-8-5-6-15-13-21(14-17(15)18)12-9-16-7-3-4-11-19-16/h3-4,7,11,13-14,18,20H,2,5-6,8-10,12H2,1H3. The maximum absolute atomic E-state index is 4.41. The Labute approximate surface area is 127 Å². The summed E-state index contributed by atoms with van der Waals surface area (Å²) in [6.07, 6.45) is 12.6. The minimum Gasteiger partial charge on any atom is -0.353 e. The van der Waals surface area contributed by atoms with Gasteiger partial charge in [0.25, 0.3) is 0 Å². The SMILES string of the molecule is CCCNC1CCCc2cn(CCc3ccccn3)cc21. The van der Waals surface area contributed by atoms with E-state index in [0.29, 0.717) is 6.04 Å². The quantitative estimate of drug-likeness (QED) is 0.879. The van der Waals surface area contributed by atoms with Crippen molar-refractivity contribution in [1.29, 1.82) is 0 Å². The molecule has 3 rings (SSSR count). The Kier molecular flexibility index (Phi) is 4.71. The molecule has 1 N–H and O–H groups in total. The zero-order valence-electron chi connectivity index (χ0n) is 12.9. The number of nitrogens with one attached hydrogen (secondary N) is 1. The molecule has 1 unspecified atom stereocenters. The number of hydrogen-bond acceptors (Lipinski definition) is 2. The van der Waals surface area contributed by atoms with Crippen LogP contribution in [0.25, 0.3) is 0 Å². The fraction of sp³-hybridized carbons (Fsp3) is 0.500. The lowest BCUT2D eigenvalue weighted by molar-refractivity contribution is 0.462. The Morgan fingerprint density at radius 1 is 1.33 bits per heavy atom. The van der Waals surface area contributed by atoms with Gasteiger partial charge in [-0.1, -0.05) is 13.0 Å². The summed E-state index contributed by atoms with van der Waals surface area (Å²) in [4.78, 5) is 4.41. The second-order valence-electron chi connectivity index (χ2n) is 5.95. The average molecular weight is 283 g/mol. The van der Waals surface area contributed by atoms with Crippen molar-refractivity contribution < 1.29 is 0 Å². The first kappa shape index (κ1) is 14.3. The summed E-state index contributed by atoms with van der Waals surface area (Å²) in [5.74, 6) is 0. The topological polar surface area (TPSA) is 29.9 Å². The van der Waals surface area contributed by atoms with Gasteiger partial charge in [0.1, 0.15) is 0 Å². The van der Waals surface area contributed by atoms with Crippen molar-refractivity contribution in [3.63, 3.8) is 0 Å². The summed E-state index contributed by atoms with van der Waals surface area (Å²) >= 11 is 0. The van der Waals surface area contributed by atoms with Crippen molar-refractivity contribution in [2.24, 2.45) is 0 Å². The molecule has 2 aromatic rings. The molecular weight excluding hydrogens is 258 g/mol. The zero-order valence-corrected chi connectivity index (χ0v) is 12.9.